The maximum atomic E-state index is 11.6. The average Bonchev–Trinajstić information content (AvgIpc) is 2.37. The molecule has 0 bridgehead atoms. The summed E-state index contributed by atoms with van der Waals surface area (Å²) < 4.78 is 4.80. The number of carbonyl (C=O) groups is 1. The zero-order chi connectivity index (χ0) is 13.1. The van der Waals surface area contributed by atoms with E-state index >= 15 is 0 Å². The topological polar surface area (TPSA) is 38.3 Å². The van der Waals surface area contributed by atoms with Gasteiger partial charge in [0.2, 0.25) is 0 Å². The Kier molecular flexibility index (Phi) is 6.40. The minimum atomic E-state index is -0.144. The Morgan fingerprint density at radius 2 is 1.95 bits per heavy atom. The van der Waals surface area contributed by atoms with Gasteiger partial charge in [-0.25, -0.2) is 0 Å². The summed E-state index contributed by atoms with van der Waals surface area (Å²) in [4.78, 5) is 11.6. The highest BCUT2D eigenvalue weighted by molar-refractivity contribution is 6.34. The first-order valence-electron chi connectivity index (χ1n) is 5.87. The van der Waals surface area contributed by atoms with Gasteiger partial charge in [-0.05, 0) is 43.1 Å². The van der Waals surface area contributed by atoms with Crippen molar-refractivity contribution in [3.63, 3.8) is 0 Å². The smallest absolute Gasteiger partial charge is 0.308 e. The summed E-state index contributed by atoms with van der Waals surface area (Å²) >= 11 is 12.0. The van der Waals surface area contributed by atoms with Gasteiger partial charge in [-0.15, -0.1) is 12.4 Å². The van der Waals surface area contributed by atoms with Crippen molar-refractivity contribution < 1.29 is 9.53 Å². The predicted octanol–water partition coefficient (Wildman–Crippen LogP) is 3.63. The average molecular weight is 325 g/mol. The van der Waals surface area contributed by atoms with Crippen LogP contribution in [0.5, 0.6) is 0 Å². The molecule has 3 nitrogen and oxygen atoms in total. The van der Waals surface area contributed by atoms with Crippen LogP contribution in [0.15, 0.2) is 18.2 Å². The second-order valence-corrected chi connectivity index (χ2v) is 5.33. The first-order chi connectivity index (χ1) is 8.60. The van der Waals surface area contributed by atoms with Gasteiger partial charge < -0.3 is 10.1 Å². The lowest BCUT2D eigenvalue weighted by atomic mass is 9.89. The van der Waals surface area contributed by atoms with Crippen molar-refractivity contribution in [1.82, 2.24) is 5.32 Å². The summed E-state index contributed by atoms with van der Waals surface area (Å²) in [6.07, 6.45) is 1.51. The van der Waals surface area contributed by atoms with Crippen molar-refractivity contribution in [2.24, 2.45) is 5.92 Å². The van der Waals surface area contributed by atoms with E-state index in [9.17, 15) is 4.79 Å². The van der Waals surface area contributed by atoms with Crippen LogP contribution in [-0.2, 0) is 9.53 Å². The number of halogens is 3. The van der Waals surface area contributed by atoms with Crippen LogP contribution in [0.2, 0.25) is 10.0 Å². The highest BCUT2D eigenvalue weighted by Gasteiger charge is 2.28. The molecule has 1 aromatic rings. The monoisotopic (exact) mass is 323 g/mol. The van der Waals surface area contributed by atoms with E-state index < -0.39 is 0 Å². The fraction of sp³-hybridized carbons (Fsp3) is 0.462. The highest BCUT2D eigenvalue weighted by atomic mass is 35.5. The Hall–Kier alpha value is -0.480. The Morgan fingerprint density at radius 1 is 1.32 bits per heavy atom. The largest absolute Gasteiger partial charge is 0.469 e. The minimum Gasteiger partial charge on any atom is -0.469 e. The summed E-state index contributed by atoms with van der Waals surface area (Å²) in [6.45, 7) is 0.786. The lowest BCUT2D eigenvalue weighted by molar-refractivity contribution is -0.146. The van der Waals surface area contributed by atoms with E-state index in [0.717, 1.165) is 18.5 Å². The third-order valence-electron chi connectivity index (χ3n) is 3.23. The molecule has 1 aromatic carbocycles. The normalized spacial score (nSPS) is 22.5. The second-order valence-electron chi connectivity index (χ2n) is 4.45. The van der Waals surface area contributed by atoms with Crippen molar-refractivity contribution in [3.8, 4) is 0 Å². The van der Waals surface area contributed by atoms with Crippen molar-refractivity contribution in [2.45, 2.75) is 18.9 Å². The maximum Gasteiger partial charge on any atom is 0.308 e. The number of ether oxygens (including phenoxy) is 1. The third-order valence-corrected chi connectivity index (χ3v) is 3.66. The molecule has 0 aliphatic carbocycles. The summed E-state index contributed by atoms with van der Waals surface area (Å²) in [5, 5.41) is 4.59. The molecule has 1 aliphatic heterocycles. The molecule has 0 radical (unpaired) electrons. The van der Waals surface area contributed by atoms with Gasteiger partial charge in [-0.1, -0.05) is 23.2 Å². The number of carbonyl (C=O) groups excluding carboxylic acids is 1. The Balaban J connectivity index is 0.00000180. The van der Waals surface area contributed by atoms with E-state index in [0.29, 0.717) is 16.5 Å². The van der Waals surface area contributed by atoms with Crippen molar-refractivity contribution in [2.75, 3.05) is 13.7 Å². The molecular formula is C13H16Cl3NO2. The van der Waals surface area contributed by atoms with Gasteiger partial charge in [0.15, 0.2) is 0 Å². The van der Waals surface area contributed by atoms with Crippen LogP contribution in [0, 0.1) is 5.92 Å². The van der Waals surface area contributed by atoms with Crippen LogP contribution in [0.1, 0.15) is 24.4 Å². The Morgan fingerprint density at radius 3 is 2.53 bits per heavy atom. The van der Waals surface area contributed by atoms with E-state index in [2.05, 4.69) is 5.32 Å². The lowest BCUT2D eigenvalue weighted by Gasteiger charge is -2.29. The van der Waals surface area contributed by atoms with Gasteiger partial charge in [0, 0.05) is 16.1 Å². The number of hydrogen-bond acceptors (Lipinski definition) is 3. The number of piperidine rings is 1. The van der Waals surface area contributed by atoms with Gasteiger partial charge >= 0.3 is 5.97 Å². The number of esters is 1. The molecule has 1 heterocycles. The molecule has 0 amide bonds. The molecule has 106 valence electrons. The quantitative estimate of drug-likeness (QED) is 0.844. The van der Waals surface area contributed by atoms with Crippen LogP contribution in [0.25, 0.3) is 0 Å². The maximum absolute atomic E-state index is 11.6. The van der Waals surface area contributed by atoms with Gasteiger partial charge in [-0.3, -0.25) is 4.79 Å². The van der Waals surface area contributed by atoms with Gasteiger partial charge in [0.1, 0.15) is 0 Å². The second kappa shape index (κ2) is 7.34. The number of nitrogens with one attached hydrogen (secondary N) is 1. The van der Waals surface area contributed by atoms with E-state index in [4.69, 9.17) is 27.9 Å². The molecule has 0 spiro atoms. The number of benzene rings is 1. The number of rotatable bonds is 2. The first kappa shape index (κ1) is 16.6. The molecule has 0 aromatic heterocycles. The van der Waals surface area contributed by atoms with Crippen LogP contribution in [0.3, 0.4) is 0 Å². The molecular weight excluding hydrogens is 309 g/mol. The molecule has 2 unspecified atom stereocenters. The minimum absolute atomic E-state index is 0. The lowest BCUT2D eigenvalue weighted by Crippen LogP contribution is -2.35. The SMILES string of the molecule is COC(=O)C1CCNC(c2cc(Cl)cc(Cl)c2)C1.Cl. The zero-order valence-electron chi connectivity index (χ0n) is 10.5. The van der Waals surface area contributed by atoms with Gasteiger partial charge in [-0.2, -0.15) is 0 Å². The fourth-order valence-corrected chi connectivity index (χ4v) is 2.87. The van der Waals surface area contributed by atoms with E-state index in [1.54, 1.807) is 6.07 Å². The third kappa shape index (κ3) is 4.25. The van der Waals surface area contributed by atoms with Crippen molar-refractivity contribution >= 4 is 41.6 Å². The molecule has 19 heavy (non-hydrogen) atoms. The molecule has 6 heteroatoms. The molecule has 2 atom stereocenters. The van der Waals surface area contributed by atoms with Crippen molar-refractivity contribution in [3.05, 3.63) is 33.8 Å². The highest BCUT2D eigenvalue weighted by Crippen LogP contribution is 2.31. The van der Waals surface area contributed by atoms with Crippen molar-refractivity contribution in [1.29, 1.82) is 0 Å². The van der Waals surface area contributed by atoms with Gasteiger partial charge in [0.25, 0.3) is 0 Å². The van der Waals surface area contributed by atoms with E-state index in [1.165, 1.54) is 7.11 Å². The standard InChI is InChI=1S/C13H15Cl2NO2.ClH/c1-18-13(17)8-2-3-16-12(6-8)9-4-10(14)7-11(15)5-9;/h4-5,7-8,12,16H,2-3,6H2,1H3;1H. The number of methoxy groups -OCH3 is 1. The molecule has 2 rings (SSSR count). The summed E-state index contributed by atoms with van der Waals surface area (Å²) in [7, 11) is 1.43. The van der Waals surface area contributed by atoms with Crippen LogP contribution >= 0.6 is 35.6 Å². The first-order valence-corrected chi connectivity index (χ1v) is 6.63. The van der Waals surface area contributed by atoms with E-state index in [-0.39, 0.29) is 30.3 Å². The molecule has 1 fully saturated rings. The predicted molar refractivity (Wildman–Crippen MR) is 79.2 cm³/mol. The Bertz CT molecular complexity index is 433. The van der Waals surface area contributed by atoms with E-state index in [1.807, 2.05) is 12.1 Å². The molecule has 0 saturated carbocycles. The molecule has 1 N–H and O–H groups in total. The fourth-order valence-electron chi connectivity index (χ4n) is 2.33. The van der Waals surface area contributed by atoms with Crippen LogP contribution < -0.4 is 5.32 Å². The summed E-state index contributed by atoms with van der Waals surface area (Å²) in [5.41, 5.74) is 1.01. The molecule has 1 saturated heterocycles. The van der Waals surface area contributed by atoms with Gasteiger partial charge in [0.05, 0.1) is 13.0 Å². The molecule has 1 aliphatic rings. The Labute approximate surface area is 129 Å². The summed E-state index contributed by atoms with van der Waals surface area (Å²) in [6, 6.07) is 5.56. The zero-order valence-corrected chi connectivity index (χ0v) is 12.8. The van der Waals surface area contributed by atoms with Crippen LogP contribution in [0.4, 0.5) is 0 Å². The number of hydrogen-bond donors (Lipinski definition) is 1. The van der Waals surface area contributed by atoms with Crippen LogP contribution in [-0.4, -0.2) is 19.6 Å². The summed E-state index contributed by atoms with van der Waals surface area (Å²) in [5.74, 6) is -0.200.